The van der Waals surface area contributed by atoms with Gasteiger partial charge in [-0.05, 0) is 26.5 Å². The van der Waals surface area contributed by atoms with Crippen molar-refractivity contribution in [3.05, 3.63) is 0 Å². The monoisotopic (exact) mass is 216 g/mol. The first kappa shape index (κ1) is 11.9. The second-order valence-electron chi connectivity index (χ2n) is 4.00. The summed E-state index contributed by atoms with van der Waals surface area (Å²) in [6.45, 7) is 6.95. The molecule has 2 atom stereocenters. The molecule has 1 rings (SSSR count). The third kappa shape index (κ3) is 2.06. The predicted molar refractivity (Wildman–Crippen MR) is 61.4 cm³/mol. The van der Waals surface area contributed by atoms with Crippen LogP contribution in [-0.2, 0) is 4.79 Å². The van der Waals surface area contributed by atoms with Gasteiger partial charge in [-0.3, -0.25) is 10.1 Å². The molecule has 0 aromatic heterocycles. The normalized spacial score (nSPS) is 32.7. The van der Waals surface area contributed by atoms with E-state index in [1.54, 1.807) is 11.8 Å². The van der Waals surface area contributed by atoms with E-state index in [9.17, 15) is 4.79 Å². The Morgan fingerprint density at radius 3 is 2.71 bits per heavy atom. The van der Waals surface area contributed by atoms with E-state index in [1.807, 2.05) is 11.8 Å². The summed E-state index contributed by atoms with van der Waals surface area (Å²) in [4.78, 5) is 14.0. The van der Waals surface area contributed by atoms with Crippen LogP contribution >= 0.6 is 11.8 Å². The first-order valence-corrected chi connectivity index (χ1v) is 6.52. The van der Waals surface area contributed by atoms with E-state index >= 15 is 0 Å². The van der Waals surface area contributed by atoms with Gasteiger partial charge in [0.05, 0.1) is 11.7 Å². The molecular formula is C10H20N2OS. The molecular weight excluding hydrogens is 196 g/mol. The van der Waals surface area contributed by atoms with Crippen molar-refractivity contribution in [1.82, 2.24) is 10.2 Å². The van der Waals surface area contributed by atoms with Gasteiger partial charge in [0.25, 0.3) is 0 Å². The lowest BCUT2D eigenvalue weighted by molar-refractivity contribution is -0.132. The summed E-state index contributed by atoms with van der Waals surface area (Å²) in [5, 5.41) is 3.36. The minimum atomic E-state index is -0.335. The molecule has 3 nitrogen and oxygen atoms in total. The molecule has 1 amide bonds. The summed E-state index contributed by atoms with van der Waals surface area (Å²) in [5.74, 6) is 1.26. The summed E-state index contributed by atoms with van der Waals surface area (Å²) in [6.07, 6.45) is 3.10. The Hall–Kier alpha value is -0.220. The van der Waals surface area contributed by atoms with Gasteiger partial charge < -0.3 is 4.90 Å². The summed E-state index contributed by atoms with van der Waals surface area (Å²) >= 11 is 1.78. The molecule has 14 heavy (non-hydrogen) atoms. The van der Waals surface area contributed by atoms with Crippen molar-refractivity contribution >= 4 is 17.7 Å². The first-order valence-electron chi connectivity index (χ1n) is 5.13. The highest BCUT2D eigenvalue weighted by atomic mass is 32.2. The first-order chi connectivity index (χ1) is 6.55. The second kappa shape index (κ2) is 4.53. The third-order valence-electron chi connectivity index (χ3n) is 2.97. The average molecular weight is 216 g/mol. The Morgan fingerprint density at radius 2 is 2.29 bits per heavy atom. The van der Waals surface area contributed by atoms with Gasteiger partial charge in [0.2, 0.25) is 5.91 Å². The van der Waals surface area contributed by atoms with Crippen LogP contribution in [0.25, 0.3) is 0 Å². The maximum atomic E-state index is 12.0. The van der Waals surface area contributed by atoms with Crippen molar-refractivity contribution in [2.45, 2.75) is 38.9 Å². The molecule has 0 aromatic carbocycles. The van der Waals surface area contributed by atoms with Crippen LogP contribution in [0.4, 0.5) is 0 Å². The van der Waals surface area contributed by atoms with Crippen molar-refractivity contribution in [2.75, 3.05) is 18.6 Å². The largest absolute Gasteiger partial charge is 0.325 e. The van der Waals surface area contributed by atoms with E-state index in [0.717, 1.165) is 18.7 Å². The molecule has 1 heterocycles. The van der Waals surface area contributed by atoms with Crippen molar-refractivity contribution in [1.29, 1.82) is 0 Å². The molecule has 0 aliphatic carbocycles. The Balaban J connectivity index is 2.65. The maximum Gasteiger partial charge on any atom is 0.243 e. The Kier molecular flexibility index (Phi) is 3.84. The summed E-state index contributed by atoms with van der Waals surface area (Å²) in [5.41, 5.74) is -0.335. The van der Waals surface area contributed by atoms with E-state index in [-0.39, 0.29) is 17.6 Å². The number of carbonyl (C=O) groups excluding carboxylic acids is 1. The van der Waals surface area contributed by atoms with Crippen LogP contribution in [0.3, 0.4) is 0 Å². The summed E-state index contributed by atoms with van der Waals surface area (Å²) in [7, 11) is 0. The lowest BCUT2D eigenvalue weighted by atomic mass is 9.99. The predicted octanol–water partition coefficient (Wildman–Crippen LogP) is 1.30. The molecule has 0 radical (unpaired) electrons. The van der Waals surface area contributed by atoms with Gasteiger partial charge in [-0.1, -0.05) is 6.92 Å². The lowest BCUT2D eigenvalue weighted by Crippen LogP contribution is -2.43. The van der Waals surface area contributed by atoms with Gasteiger partial charge in [-0.25, -0.2) is 0 Å². The Bertz CT molecular complexity index is 222. The van der Waals surface area contributed by atoms with E-state index in [4.69, 9.17) is 0 Å². The second-order valence-corrected chi connectivity index (χ2v) is 4.98. The fourth-order valence-electron chi connectivity index (χ4n) is 1.83. The minimum Gasteiger partial charge on any atom is -0.325 e. The molecule has 2 unspecified atom stereocenters. The maximum absolute atomic E-state index is 12.0. The molecule has 1 fully saturated rings. The van der Waals surface area contributed by atoms with Gasteiger partial charge in [0.15, 0.2) is 0 Å². The highest BCUT2D eigenvalue weighted by Gasteiger charge is 2.44. The standard InChI is InChI=1S/C10H20N2OS/c1-5-10(3)9(13)12(6-7-14-4)8(2)11-10/h8,11H,5-7H2,1-4H3. The Morgan fingerprint density at radius 1 is 1.64 bits per heavy atom. The van der Waals surface area contributed by atoms with E-state index in [0.29, 0.717) is 0 Å². The van der Waals surface area contributed by atoms with Crippen LogP contribution in [0, 0.1) is 0 Å². The highest BCUT2D eigenvalue weighted by Crippen LogP contribution is 2.23. The van der Waals surface area contributed by atoms with Crippen LogP contribution in [0.1, 0.15) is 27.2 Å². The highest BCUT2D eigenvalue weighted by molar-refractivity contribution is 7.98. The van der Waals surface area contributed by atoms with E-state index in [2.05, 4.69) is 25.4 Å². The number of carbonyl (C=O) groups is 1. The minimum absolute atomic E-state index is 0.180. The molecule has 1 saturated heterocycles. The fourth-order valence-corrected chi connectivity index (χ4v) is 2.21. The Labute approximate surface area is 90.6 Å². The van der Waals surface area contributed by atoms with Crippen LogP contribution < -0.4 is 5.32 Å². The number of hydrogen-bond acceptors (Lipinski definition) is 3. The van der Waals surface area contributed by atoms with E-state index < -0.39 is 0 Å². The van der Waals surface area contributed by atoms with Crippen molar-refractivity contribution < 1.29 is 4.79 Å². The molecule has 1 N–H and O–H groups in total. The quantitative estimate of drug-likeness (QED) is 0.768. The molecule has 1 aliphatic heterocycles. The molecule has 0 aromatic rings. The number of thioether (sulfide) groups is 1. The number of nitrogens with zero attached hydrogens (tertiary/aromatic N) is 1. The SMILES string of the molecule is CCC1(C)NC(C)N(CCSC)C1=O. The van der Waals surface area contributed by atoms with Gasteiger partial charge in [0.1, 0.15) is 0 Å². The van der Waals surface area contributed by atoms with Gasteiger partial charge >= 0.3 is 0 Å². The molecule has 0 saturated carbocycles. The van der Waals surface area contributed by atoms with Crippen LogP contribution in [-0.4, -0.2) is 41.1 Å². The molecule has 1 aliphatic rings. The zero-order valence-corrected chi connectivity index (χ0v) is 10.3. The number of rotatable bonds is 4. The van der Waals surface area contributed by atoms with Gasteiger partial charge in [-0.15, -0.1) is 0 Å². The topological polar surface area (TPSA) is 32.3 Å². The van der Waals surface area contributed by atoms with Crippen LogP contribution in [0.2, 0.25) is 0 Å². The van der Waals surface area contributed by atoms with Crippen molar-refractivity contribution in [2.24, 2.45) is 0 Å². The number of amides is 1. The van der Waals surface area contributed by atoms with Crippen LogP contribution in [0.15, 0.2) is 0 Å². The molecule has 4 heteroatoms. The zero-order valence-electron chi connectivity index (χ0n) is 9.46. The lowest BCUT2D eigenvalue weighted by Gasteiger charge is -2.21. The summed E-state index contributed by atoms with van der Waals surface area (Å²) < 4.78 is 0. The molecule has 0 spiro atoms. The number of nitrogens with one attached hydrogen (secondary N) is 1. The zero-order chi connectivity index (χ0) is 10.8. The van der Waals surface area contributed by atoms with Gasteiger partial charge in [-0.2, -0.15) is 11.8 Å². The third-order valence-corrected chi connectivity index (χ3v) is 3.56. The van der Waals surface area contributed by atoms with Crippen molar-refractivity contribution in [3.63, 3.8) is 0 Å². The molecule has 82 valence electrons. The van der Waals surface area contributed by atoms with Gasteiger partial charge in [0, 0.05) is 12.3 Å². The summed E-state index contributed by atoms with van der Waals surface area (Å²) in [6, 6.07) is 0. The average Bonchev–Trinajstić information content (AvgIpc) is 2.37. The smallest absolute Gasteiger partial charge is 0.243 e. The van der Waals surface area contributed by atoms with Crippen molar-refractivity contribution in [3.8, 4) is 0 Å². The van der Waals surface area contributed by atoms with E-state index in [1.165, 1.54) is 0 Å². The molecule has 0 bridgehead atoms. The fraction of sp³-hybridized carbons (Fsp3) is 0.900. The number of hydrogen-bond donors (Lipinski definition) is 1. The van der Waals surface area contributed by atoms with Crippen LogP contribution in [0.5, 0.6) is 0 Å².